The van der Waals surface area contributed by atoms with E-state index in [1.54, 1.807) is 4.90 Å². The Kier molecular flexibility index (Phi) is 5.56. The molecule has 2 heterocycles. The molecule has 0 atom stereocenters. The number of urea groups is 1. The quantitative estimate of drug-likeness (QED) is 0.926. The lowest BCUT2D eigenvalue weighted by Gasteiger charge is -2.37. The first-order chi connectivity index (χ1) is 11.7. The molecule has 0 unspecified atom stereocenters. The van der Waals surface area contributed by atoms with E-state index in [1.165, 1.54) is 0 Å². The molecule has 1 N–H and O–H groups in total. The summed E-state index contributed by atoms with van der Waals surface area (Å²) in [6, 6.07) is 9.95. The minimum Gasteiger partial charge on any atom is -0.445 e. The molecule has 2 saturated heterocycles. The highest BCUT2D eigenvalue weighted by atomic mass is 16.6. The van der Waals surface area contributed by atoms with Crippen LogP contribution in [0, 0.1) is 0 Å². The zero-order chi connectivity index (χ0) is 16.8. The number of rotatable bonds is 3. The summed E-state index contributed by atoms with van der Waals surface area (Å²) < 4.78 is 5.38. The van der Waals surface area contributed by atoms with Crippen molar-refractivity contribution < 1.29 is 14.3 Å². The number of carbonyl (C=O) groups excluding carboxylic acids is 2. The molecule has 3 rings (SSSR count). The van der Waals surface area contributed by atoms with E-state index in [0.717, 1.165) is 44.3 Å². The summed E-state index contributed by atoms with van der Waals surface area (Å²) in [7, 11) is 0. The molecule has 130 valence electrons. The molecule has 0 aliphatic carbocycles. The van der Waals surface area contributed by atoms with Gasteiger partial charge in [-0.15, -0.1) is 0 Å². The van der Waals surface area contributed by atoms with Crippen molar-refractivity contribution >= 4 is 12.1 Å². The molecule has 0 radical (unpaired) electrons. The number of ether oxygens (including phenoxy) is 1. The third-order valence-corrected chi connectivity index (χ3v) is 4.73. The van der Waals surface area contributed by atoms with Gasteiger partial charge in [0.05, 0.1) is 0 Å². The fraction of sp³-hybridized carbons (Fsp3) is 0.556. The van der Waals surface area contributed by atoms with Crippen LogP contribution >= 0.6 is 0 Å². The Morgan fingerprint density at radius 3 is 2.62 bits per heavy atom. The maximum absolute atomic E-state index is 12.2. The van der Waals surface area contributed by atoms with Crippen molar-refractivity contribution in [1.82, 2.24) is 15.1 Å². The molecular weight excluding hydrogens is 306 g/mol. The van der Waals surface area contributed by atoms with Gasteiger partial charge in [0.2, 0.25) is 0 Å². The maximum Gasteiger partial charge on any atom is 0.410 e. The molecule has 2 aliphatic heterocycles. The van der Waals surface area contributed by atoms with Gasteiger partial charge < -0.3 is 19.9 Å². The average Bonchev–Trinajstić information content (AvgIpc) is 2.85. The Morgan fingerprint density at radius 1 is 1.12 bits per heavy atom. The van der Waals surface area contributed by atoms with E-state index in [-0.39, 0.29) is 18.2 Å². The number of nitrogens with zero attached hydrogens (tertiary/aromatic N) is 2. The van der Waals surface area contributed by atoms with Gasteiger partial charge in [-0.05, 0) is 31.2 Å². The molecule has 2 aliphatic rings. The van der Waals surface area contributed by atoms with Crippen LogP contribution in [0.5, 0.6) is 0 Å². The van der Waals surface area contributed by atoms with Crippen molar-refractivity contribution in [2.24, 2.45) is 0 Å². The number of hydrogen-bond donors (Lipinski definition) is 1. The zero-order valence-electron chi connectivity index (χ0n) is 13.9. The smallest absolute Gasteiger partial charge is 0.410 e. The van der Waals surface area contributed by atoms with Crippen LogP contribution in [0.1, 0.15) is 31.2 Å². The first kappa shape index (κ1) is 16.6. The van der Waals surface area contributed by atoms with E-state index in [0.29, 0.717) is 19.7 Å². The van der Waals surface area contributed by atoms with Crippen molar-refractivity contribution in [3.05, 3.63) is 35.9 Å². The van der Waals surface area contributed by atoms with E-state index >= 15 is 0 Å². The fourth-order valence-electron chi connectivity index (χ4n) is 3.32. The number of benzene rings is 1. The Balaban J connectivity index is 1.45. The Hall–Kier alpha value is -2.24. The van der Waals surface area contributed by atoms with Crippen LogP contribution in [0.2, 0.25) is 0 Å². The van der Waals surface area contributed by atoms with Crippen molar-refractivity contribution in [2.45, 2.75) is 38.3 Å². The summed E-state index contributed by atoms with van der Waals surface area (Å²) in [6.45, 7) is 3.16. The minimum absolute atomic E-state index is 0.0394. The first-order valence-corrected chi connectivity index (χ1v) is 8.74. The van der Waals surface area contributed by atoms with E-state index in [2.05, 4.69) is 5.32 Å². The lowest BCUT2D eigenvalue weighted by molar-refractivity contribution is 0.0744. The molecule has 1 aromatic rings. The molecule has 1 aromatic carbocycles. The SMILES string of the molecule is O=C(OCc1ccccc1)N1CCC(N2CCCCNC2=O)CC1. The van der Waals surface area contributed by atoms with E-state index < -0.39 is 0 Å². The molecule has 24 heavy (non-hydrogen) atoms. The summed E-state index contributed by atoms with van der Waals surface area (Å²) in [4.78, 5) is 28.0. The largest absolute Gasteiger partial charge is 0.445 e. The van der Waals surface area contributed by atoms with E-state index in [4.69, 9.17) is 4.74 Å². The minimum atomic E-state index is -0.266. The predicted molar refractivity (Wildman–Crippen MR) is 90.6 cm³/mol. The standard InChI is InChI=1S/C18H25N3O3/c22-17-19-10-4-5-11-21(17)16-8-12-20(13-9-16)18(23)24-14-15-6-2-1-3-7-15/h1-3,6-7,16H,4-5,8-14H2,(H,19,22). The van der Waals surface area contributed by atoms with Crippen LogP contribution < -0.4 is 5.32 Å². The van der Waals surface area contributed by atoms with Gasteiger partial charge in [0, 0.05) is 32.2 Å². The Bertz CT molecular complexity index is 556. The number of amides is 3. The number of likely N-dealkylation sites (tertiary alicyclic amines) is 1. The molecule has 6 heteroatoms. The molecule has 0 aromatic heterocycles. The van der Waals surface area contributed by atoms with Gasteiger partial charge >= 0.3 is 12.1 Å². The molecule has 0 spiro atoms. The molecule has 0 bridgehead atoms. The lowest BCUT2D eigenvalue weighted by atomic mass is 10.0. The number of piperidine rings is 1. The van der Waals surface area contributed by atoms with Gasteiger partial charge in [-0.25, -0.2) is 9.59 Å². The predicted octanol–water partition coefficient (Wildman–Crippen LogP) is 2.59. The fourth-order valence-corrected chi connectivity index (χ4v) is 3.32. The summed E-state index contributed by atoms with van der Waals surface area (Å²) in [5.41, 5.74) is 0.988. The highest BCUT2D eigenvalue weighted by Gasteiger charge is 2.30. The number of carbonyl (C=O) groups is 2. The van der Waals surface area contributed by atoms with Crippen molar-refractivity contribution in [3.8, 4) is 0 Å². The molecule has 2 fully saturated rings. The van der Waals surface area contributed by atoms with E-state index in [9.17, 15) is 9.59 Å². The summed E-state index contributed by atoms with van der Waals surface area (Å²) in [6.07, 6.45) is 3.43. The van der Waals surface area contributed by atoms with Crippen LogP contribution in [0.4, 0.5) is 9.59 Å². The second-order valence-corrected chi connectivity index (χ2v) is 6.39. The number of nitrogens with one attached hydrogen (secondary N) is 1. The van der Waals surface area contributed by atoms with Crippen LogP contribution in [0.15, 0.2) is 30.3 Å². The monoisotopic (exact) mass is 331 g/mol. The van der Waals surface area contributed by atoms with Gasteiger partial charge in [-0.3, -0.25) is 0 Å². The number of hydrogen-bond acceptors (Lipinski definition) is 3. The van der Waals surface area contributed by atoms with Crippen molar-refractivity contribution in [1.29, 1.82) is 0 Å². The average molecular weight is 331 g/mol. The van der Waals surface area contributed by atoms with Crippen molar-refractivity contribution in [3.63, 3.8) is 0 Å². The van der Waals surface area contributed by atoms with Crippen LogP contribution in [0.3, 0.4) is 0 Å². The Labute approximate surface area is 142 Å². The second-order valence-electron chi connectivity index (χ2n) is 6.39. The van der Waals surface area contributed by atoms with Gasteiger partial charge in [0.15, 0.2) is 0 Å². The summed E-state index contributed by atoms with van der Waals surface area (Å²) in [5.74, 6) is 0. The highest BCUT2D eigenvalue weighted by Crippen LogP contribution is 2.19. The second kappa shape index (κ2) is 8.04. The van der Waals surface area contributed by atoms with Crippen LogP contribution in [-0.2, 0) is 11.3 Å². The first-order valence-electron chi connectivity index (χ1n) is 8.74. The molecular formula is C18H25N3O3. The third-order valence-electron chi connectivity index (χ3n) is 4.73. The van der Waals surface area contributed by atoms with Crippen LogP contribution in [-0.4, -0.2) is 54.1 Å². The van der Waals surface area contributed by atoms with Crippen LogP contribution in [0.25, 0.3) is 0 Å². The normalized spacial score (nSPS) is 19.6. The van der Waals surface area contributed by atoms with Gasteiger partial charge in [0.25, 0.3) is 0 Å². The molecule has 6 nitrogen and oxygen atoms in total. The van der Waals surface area contributed by atoms with Gasteiger partial charge in [-0.2, -0.15) is 0 Å². The lowest BCUT2D eigenvalue weighted by Crippen LogP contribution is -2.51. The van der Waals surface area contributed by atoms with Gasteiger partial charge in [0.1, 0.15) is 6.61 Å². The maximum atomic E-state index is 12.2. The topological polar surface area (TPSA) is 61.9 Å². The third kappa shape index (κ3) is 4.19. The van der Waals surface area contributed by atoms with E-state index in [1.807, 2.05) is 35.2 Å². The summed E-state index contributed by atoms with van der Waals surface area (Å²) >= 11 is 0. The Morgan fingerprint density at radius 2 is 1.88 bits per heavy atom. The summed E-state index contributed by atoms with van der Waals surface area (Å²) in [5, 5.41) is 2.95. The van der Waals surface area contributed by atoms with Gasteiger partial charge in [-0.1, -0.05) is 30.3 Å². The van der Waals surface area contributed by atoms with Crippen molar-refractivity contribution in [2.75, 3.05) is 26.2 Å². The molecule has 3 amide bonds. The molecule has 0 saturated carbocycles. The highest BCUT2D eigenvalue weighted by molar-refractivity contribution is 5.75. The zero-order valence-corrected chi connectivity index (χ0v) is 13.9.